The lowest BCUT2D eigenvalue weighted by Gasteiger charge is -2.40. The highest BCUT2D eigenvalue weighted by Crippen LogP contribution is 2.24. The van der Waals surface area contributed by atoms with Gasteiger partial charge in [0.05, 0.1) is 24.1 Å². The van der Waals surface area contributed by atoms with Crippen molar-refractivity contribution in [3.8, 4) is 0 Å². The van der Waals surface area contributed by atoms with Crippen molar-refractivity contribution in [3.63, 3.8) is 0 Å². The molecular weight excluding hydrogens is 340 g/mol. The number of carbonyl (C=O) groups is 1. The number of imidazole rings is 1. The first-order chi connectivity index (χ1) is 13.1. The number of amides is 2. The third-order valence-corrected chi connectivity index (χ3v) is 4.99. The summed E-state index contributed by atoms with van der Waals surface area (Å²) in [7, 11) is 0. The highest BCUT2D eigenvalue weighted by Gasteiger charge is 2.34. The van der Waals surface area contributed by atoms with Gasteiger partial charge in [-0.05, 0) is 25.5 Å². The van der Waals surface area contributed by atoms with Crippen LogP contribution in [0, 0.1) is 13.8 Å². The van der Waals surface area contributed by atoms with Gasteiger partial charge in [0.2, 0.25) is 0 Å². The van der Waals surface area contributed by atoms with Crippen LogP contribution in [0.5, 0.6) is 0 Å². The van der Waals surface area contributed by atoms with Crippen molar-refractivity contribution in [3.05, 3.63) is 72.1 Å². The molecule has 1 fully saturated rings. The predicted octanol–water partition coefficient (Wildman–Crippen LogP) is 2.70. The second kappa shape index (κ2) is 7.26. The summed E-state index contributed by atoms with van der Waals surface area (Å²) in [5.74, 6) is 0. The van der Waals surface area contributed by atoms with Crippen LogP contribution >= 0.6 is 0 Å². The van der Waals surface area contributed by atoms with Gasteiger partial charge in [-0.25, -0.2) is 9.78 Å². The zero-order chi connectivity index (χ0) is 18.8. The molecule has 1 saturated heterocycles. The van der Waals surface area contributed by atoms with E-state index in [9.17, 15) is 4.79 Å². The van der Waals surface area contributed by atoms with Crippen LogP contribution in [0.15, 0.2) is 55.1 Å². The summed E-state index contributed by atoms with van der Waals surface area (Å²) in [6.45, 7) is 6.05. The third kappa shape index (κ3) is 3.72. The zero-order valence-corrected chi connectivity index (χ0v) is 15.6. The van der Waals surface area contributed by atoms with E-state index >= 15 is 0 Å². The van der Waals surface area contributed by atoms with Crippen LogP contribution in [0.3, 0.4) is 0 Å². The topological polar surface area (TPSA) is 68.0 Å². The molecule has 1 aliphatic heterocycles. The number of urea groups is 1. The Labute approximate surface area is 158 Å². The van der Waals surface area contributed by atoms with Crippen molar-refractivity contribution >= 4 is 6.03 Å². The van der Waals surface area contributed by atoms with Gasteiger partial charge in [-0.15, -0.1) is 0 Å². The number of hydrogen-bond acceptors (Lipinski definition) is 3. The number of hydrogen-bond donors (Lipinski definition) is 1. The van der Waals surface area contributed by atoms with E-state index in [4.69, 9.17) is 0 Å². The monoisotopic (exact) mass is 364 g/mol. The van der Waals surface area contributed by atoms with Crippen molar-refractivity contribution in [1.82, 2.24) is 29.5 Å². The first-order valence-corrected chi connectivity index (χ1v) is 9.19. The molecule has 7 heteroatoms. The number of rotatable bonds is 5. The van der Waals surface area contributed by atoms with Crippen LogP contribution in [-0.4, -0.2) is 43.4 Å². The number of carbonyl (C=O) groups excluding carboxylic acids is 1. The van der Waals surface area contributed by atoms with Gasteiger partial charge in [-0.3, -0.25) is 4.68 Å². The Morgan fingerprint density at radius 3 is 2.67 bits per heavy atom. The molecule has 0 spiro atoms. The molecule has 0 radical (unpaired) electrons. The third-order valence-electron chi connectivity index (χ3n) is 4.99. The highest BCUT2D eigenvalue weighted by atomic mass is 16.2. The Hall–Kier alpha value is -3.09. The summed E-state index contributed by atoms with van der Waals surface area (Å²) in [5, 5.41) is 7.71. The zero-order valence-electron chi connectivity index (χ0n) is 15.6. The van der Waals surface area contributed by atoms with Crippen molar-refractivity contribution in [2.75, 3.05) is 13.1 Å². The summed E-state index contributed by atoms with van der Waals surface area (Å²) in [6.07, 6.45) is 5.42. The van der Waals surface area contributed by atoms with Crippen LogP contribution < -0.4 is 5.32 Å². The van der Waals surface area contributed by atoms with Crippen LogP contribution in [-0.2, 0) is 6.54 Å². The van der Waals surface area contributed by atoms with Crippen molar-refractivity contribution < 1.29 is 4.79 Å². The number of aromatic nitrogens is 4. The van der Waals surface area contributed by atoms with Gasteiger partial charge in [0, 0.05) is 37.7 Å². The highest BCUT2D eigenvalue weighted by molar-refractivity contribution is 5.75. The number of nitrogens with zero attached hydrogens (tertiary/aromatic N) is 5. The van der Waals surface area contributed by atoms with Crippen LogP contribution in [0.4, 0.5) is 4.79 Å². The molecule has 2 amide bonds. The molecule has 0 aliphatic carbocycles. The molecule has 2 aromatic heterocycles. The van der Waals surface area contributed by atoms with E-state index in [1.54, 1.807) is 12.5 Å². The molecule has 27 heavy (non-hydrogen) atoms. The molecule has 3 heterocycles. The van der Waals surface area contributed by atoms with Gasteiger partial charge in [0.15, 0.2) is 0 Å². The Bertz CT molecular complexity index is 896. The summed E-state index contributed by atoms with van der Waals surface area (Å²) in [4.78, 5) is 18.7. The molecule has 1 aliphatic rings. The summed E-state index contributed by atoms with van der Waals surface area (Å²) in [5.41, 5.74) is 3.23. The first-order valence-electron chi connectivity index (χ1n) is 9.19. The summed E-state index contributed by atoms with van der Waals surface area (Å²) < 4.78 is 4.01. The van der Waals surface area contributed by atoms with Gasteiger partial charge in [-0.1, -0.05) is 30.3 Å². The molecule has 1 atom stereocenters. The fourth-order valence-electron chi connectivity index (χ4n) is 3.56. The molecule has 4 rings (SSSR count). The molecule has 140 valence electrons. The second-order valence-corrected chi connectivity index (χ2v) is 7.10. The van der Waals surface area contributed by atoms with Crippen LogP contribution in [0.2, 0.25) is 0 Å². The lowest BCUT2D eigenvalue weighted by atomic mass is 10.1. The van der Waals surface area contributed by atoms with Gasteiger partial charge in [0.25, 0.3) is 0 Å². The maximum absolute atomic E-state index is 12.8. The Balaban J connectivity index is 1.41. The molecule has 7 nitrogen and oxygen atoms in total. The molecule has 3 aromatic rings. The van der Waals surface area contributed by atoms with Crippen molar-refractivity contribution in [2.45, 2.75) is 32.5 Å². The lowest BCUT2D eigenvalue weighted by molar-refractivity contribution is 0.114. The predicted molar refractivity (Wildman–Crippen MR) is 102 cm³/mol. The van der Waals surface area contributed by atoms with E-state index in [1.165, 1.54) is 0 Å². The van der Waals surface area contributed by atoms with E-state index in [1.807, 2.05) is 57.6 Å². The normalized spacial score (nSPS) is 15.4. The lowest BCUT2D eigenvalue weighted by Crippen LogP contribution is -2.55. The van der Waals surface area contributed by atoms with Crippen LogP contribution in [0.1, 0.15) is 29.0 Å². The van der Waals surface area contributed by atoms with Crippen LogP contribution in [0.25, 0.3) is 0 Å². The minimum absolute atomic E-state index is 0.0400. The van der Waals surface area contributed by atoms with E-state index in [0.29, 0.717) is 19.6 Å². The second-order valence-electron chi connectivity index (χ2n) is 7.10. The van der Waals surface area contributed by atoms with E-state index in [-0.39, 0.29) is 18.1 Å². The fourth-order valence-corrected chi connectivity index (χ4v) is 3.56. The number of likely N-dealkylation sites (tertiary alicyclic amines) is 1. The van der Waals surface area contributed by atoms with E-state index in [2.05, 4.69) is 28.4 Å². The SMILES string of the molecule is Cc1cc(C)n(C2CN(C(=O)NC(Cn3ccnc3)c3ccccc3)C2)n1. The molecule has 0 saturated carbocycles. The molecular formula is C20H24N6O. The van der Waals surface area contributed by atoms with Gasteiger partial charge in [0.1, 0.15) is 0 Å². The average molecular weight is 364 g/mol. The number of benzene rings is 1. The number of nitrogens with one attached hydrogen (secondary N) is 1. The summed E-state index contributed by atoms with van der Waals surface area (Å²) in [6, 6.07) is 12.2. The Morgan fingerprint density at radius 2 is 2.04 bits per heavy atom. The average Bonchev–Trinajstić information content (AvgIpc) is 3.23. The minimum Gasteiger partial charge on any atom is -0.335 e. The minimum atomic E-state index is -0.111. The maximum atomic E-state index is 12.8. The maximum Gasteiger partial charge on any atom is 0.318 e. The summed E-state index contributed by atoms with van der Waals surface area (Å²) >= 11 is 0. The molecule has 0 bridgehead atoms. The Kier molecular flexibility index (Phi) is 4.66. The molecule has 1 N–H and O–H groups in total. The van der Waals surface area contributed by atoms with Gasteiger partial charge >= 0.3 is 6.03 Å². The Morgan fingerprint density at radius 1 is 1.26 bits per heavy atom. The molecule has 1 aromatic carbocycles. The largest absolute Gasteiger partial charge is 0.335 e. The van der Waals surface area contributed by atoms with Crippen molar-refractivity contribution in [2.24, 2.45) is 0 Å². The quantitative estimate of drug-likeness (QED) is 0.757. The van der Waals surface area contributed by atoms with E-state index in [0.717, 1.165) is 17.0 Å². The smallest absolute Gasteiger partial charge is 0.318 e. The first kappa shape index (κ1) is 17.3. The van der Waals surface area contributed by atoms with Crippen molar-refractivity contribution in [1.29, 1.82) is 0 Å². The van der Waals surface area contributed by atoms with Gasteiger partial charge < -0.3 is 14.8 Å². The fraction of sp³-hybridized carbons (Fsp3) is 0.350. The van der Waals surface area contributed by atoms with E-state index < -0.39 is 0 Å². The van der Waals surface area contributed by atoms with Gasteiger partial charge in [-0.2, -0.15) is 5.10 Å². The standard InChI is InChI=1S/C20H24N6O/c1-15-10-16(2)26(23-15)18-11-25(12-18)20(27)22-19(13-24-9-8-21-14-24)17-6-4-3-5-7-17/h3-10,14,18-19H,11-13H2,1-2H3,(H,22,27). The molecule has 1 unspecified atom stereocenters. The number of aryl methyl sites for hydroxylation is 2.